The number of aryl methyl sites for hydroxylation is 2. The standard InChI is InChI=1S/C20H24ClN5O2S.ClH/c1-14-12-17(24(2)23-14)19(27)26(7-3-6-25-8-10-28-11-9-25)20-22-16-5-4-15(21)13-18(16)29-20;/h4-5,12-13H,3,6-11H2,1-2H3;1H. The summed E-state index contributed by atoms with van der Waals surface area (Å²) < 4.78 is 8.02. The molecule has 0 aliphatic carbocycles. The number of morpholine rings is 1. The monoisotopic (exact) mass is 469 g/mol. The third-order valence-electron chi connectivity index (χ3n) is 5.00. The zero-order chi connectivity index (χ0) is 20.4. The number of carbonyl (C=O) groups is 1. The third kappa shape index (κ3) is 5.12. The van der Waals surface area contributed by atoms with E-state index < -0.39 is 0 Å². The Morgan fingerprint density at radius 3 is 2.77 bits per heavy atom. The fourth-order valence-corrected chi connectivity index (χ4v) is 4.78. The predicted molar refractivity (Wildman–Crippen MR) is 123 cm³/mol. The van der Waals surface area contributed by atoms with Crippen LogP contribution in [0.3, 0.4) is 0 Å². The SMILES string of the molecule is Cc1cc(C(=O)N(CCCN2CCOCC2)c2nc3ccc(Cl)cc3s2)n(C)n1.Cl. The zero-order valence-corrected chi connectivity index (χ0v) is 19.4. The largest absolute Gasteiger partial charge is 0.379 e. The summed E-state index contributed by atoms with van der Waals surface area (Å²) in [6.45, 7) is 6.83. The maximum absolute atomic E-state index is 13.4. The lowest BCUT2D eigenvalue weighted by molar-refractivity contribution is 0.0376. The molecule has 1 aliphatic heterocycles. The summed E-state index contributed by atoms with van der Waals surface area (Å²) in [6, 6.07) is 7.43. The van der Waals surface area contributed by atoms with Crippen LogP contribution >= 0.6 is 35.3 Å². The average Bonchev–Trinajstić information content (AvgIpc) is 3.27. The quantitative estimate of drug-likeness (QED) is 0.549. The van der Waals surface area contributed by atoms with Crippen LogP contribution in [0.4, 0.5) is 5.13 Å². The highest BCUT2D eigenvalue weighted by Crippen LogP contribution is 2.31. The number of hydrogen-bond donors (Lipinski definition) is 0. The Balaban J connectivity index is 0.00000256. The summed E-state index contributed by atoms with van der Waals surface area (Å²) in [6.07, 6.45) is 0.860. The molecule has 0 atom stereocenters. The lowest BCUT2D eigenvalue weighted by atomic mass is 10.3. The highest BCUT2D eigenvalue weighted by atomic mass is 35.5. The molecule has 2 aromatic heterocycles. The van der Waals surface area contributed by atoms with Gasteiger partial charge in [-0.3, -0.25) is 19.3 Å². The van der Waals surface area contributed by atoms with E-state index in [0.29, 0.717) is 22.4 Å². The lowest BCUT2D eigenvalue weighted by Crippen LogP contribution is -2.39. The van der Waals surface area contributed by atoms with E-state index in [4.69, 9.17) is 21.3 Å². The number of aromatic nitrogens is 3. The maximum atomic E-state index is 13.4. The first-order valence-corrected chi connectivity index (χ1v) is 10.9. The van der Waals surface area contributed by atoms with Gasteiger partial charge >= 0.3 is 0 Å². The van der Waals surface area contributed by atoms with Gasteiger partial charge in [-0.05, 0) is 37.6 Å². The van der Waals surface area contributed by atoms with E-state index in [1.807, 2.05) is 31.2 Å². The molecule has 1 fully saturated rings. The third-order valence-corrected chi connectivity index (χ3v) is 6.27. The Hall–Kier alpha value is -1.71. The van der Waals surface area contributed by atoms with Crippen LogP contribution < -0.4 is 4.90 Å². The molecule has 10 heteroatoms. The van der Waals surface area contributed by atoms with E-state index >= 15 is 0 Å². The van der Waals surface area contributed by atoms with E-state index in [0.717, 1.165) is 55.2 Å². The van der Waals surface area contributed by atoms with Crippen LogP contribution in [0.1, 0.15) is 22.6 Å². The van der Waals surface area contributed by atoms with Gasteiger partial charge in [0.2, 0.25) is 0 Å². The minimum absolute atomic E-state index is 0. The van der Waals surface area contributed by atoms with Gasteiger partial charge < -0.3 is 4.74 Å². The van der Waals surface area contributed by atoms with Crippen molar-refractivity contribution >= 4 is 56.6 Å². The Morgan fingerprint density at radius 1 is 1.30 bits per heavy atom. The smallest absolute Gasteiger partial charge is 0.278 e. The molecule has 0 N–H and O–H groups in total. The van der Waals surface area contributed by atoms with Gasteiger partial charge in [0, 0.05) is 38.2 Å². The summed E-state index contributed by atoms with van der Waals surface area (Å²) in [7, 11) is 1.80. The highest BCUT2D eigenvalue weighted by molar-refractivity contribution is 7.22. The number of halogens is 2. The summed E-state index contributed by atoms with van der Waals surface area (Å²) in [5.41, 5.74) is 2.23. The summed E-state index contributed by atoms with van der Waals surface area (Å²) in [5, 5.41) is 5.68. The summed E-state index contributed by atoms with van der Waals surface area (Å²) >= 11 is 7.62. The number of amides is 1. The Bertz CT molecular complexity index is 1020. The number of anilines is 1. The number of ether oxygens (including phenoxy) is 1. The van der Waals surface area contributed by atoms with Crippen molar-refractivity contribution in [2.45, 2.75) is 13.3 Å². The summed E-state index contributed by atoms with van der Waals surface area (Å²) in [4.78, 5) is 22.2. The molecule has 0 spiro atoms. The maximum Gasteiger partial charge on any atom is 0.278 e. The van der Waals surface area contributed by atoms with Gasteiger partial charge in [-0.2, -0.15) is 5.10 Å². The van der Waals surface area contributed by atoms with Crippen molar-refractivity contribution in [3.05, 3.63) is 40.7 Å². The average molecular weight is 470 g/mol. The molecular formula is C20H25Cl2N5O2S. The van der Waals surface area contributed by atoms with E-state index in [-0.39, 0.29) is 18.3 Å². The lowest BCUT2D eigenvalue weighted by Gasteiger charge is -2.27. The molecular weight excluding hydrogens is 445 g/mol. The van der Waals surface area contributed by atoms with E-state index in [1.165, 1.54) is 11.3 Å². The minimum Gasteiger partial charge on any atom is -0.379 e. The van der Waals surface area contributed by atoms with Crippen LogP contribution in [0, 0.1) is 6.92 Å². The summed E-state index contributed by atoms with van der Waals surface area (Å²) in [5.74, 6) is -0.0831. The molecule has 0 unspecified atom stereocenters. The fourth-order valence-electron chi connectivity index (χ4n) is 3.51. The number of nitrogens with zero attached hydrogens (tertiary/aromatic N) is 5. The Labute approximate surface area is 191 Å². The fraction of sp³-hybridized carbons (Fsp3) is 0.450. The van der Waals surface area contributed by atoms with Gasteiger partial charge in [-0.1, -0.05) is 22.9 Å². The molecule has 0 saturated carbocycles. The molecule has 7 nitrogen and oxygen atoms in total. The highest BCUT2D eigenvalue weighted by Gasteiger charge is 2.24. The first-order valence-electron chi connectivity index (χ1n) is 9.70. The van der Waals surface area contributed by atoms with Crippen LogP contribution in [-0.2, 0) is 11.8 Å². The van der Waals surface area contributed by atoms with Crippen molar-refractivity contribution in [2.24, 2.45) is 7.05 Å². The van der Waals surface area contributed by atoms with Crippen LogP contribution in [0.2, 0.25) is 5.02 Å². The Morgan fingerprint density at radius 2 is 2.07 bits per heavy atom. The predicted octanol–water partition coefficient (Wildman–Crippen LogP) is 3.78. The molecule has 1 aromatic carbocycles. The van der Waals surface area contributed by atoms with Gasteiger partial charge in [-0.25, -0.2) is 4.98 Å². The zero-order valence-electron chi connectivity index (χ0n) is 17.0. The molecule has 3 aromatic rings. The molecule has 0 radical (unpaired) electrons. The van der Waals surface area contributed by atoms with Crippen molar-refractivity contribution in [3.63, 3.8) is 0 Å². The van der Waals surface area contributed by atoms with Crippen LogP contribution in [0.15, 0.2) is 24.3 Å². The second-order valence-corrected chi connectivity index (χ2v) is 8.61. The van der Waals surface area contributed by atoms with E-state index in [9.17, 15) is 4.79 Å². The minimum atomic E-state index is -0.0831. The molecule has 4 rings (SSSR count). The van der Waals surface area contributed by atoms with Gasteiger partial charge in [0.1, 0.15) is 5.69 Å². The van der Waals surface area contributed by atoms with Crippen LogP contribution in [-0.4, -0.2) is 65.0 Å². The number of fused-ring (bicyclic) bond motifs is 1. The first kappa shape index (κ1) is 23.0. The number of thiazole rings is 1. The second kappa shape index (κ2) is 10.1. The van der Waals surface area contributed by atoms with E-state index in [1.54, 1.807) is 16.6 Å². The molecule has 1 saturated heterocycles. The van der Waals surface area contributed by atoms with E-state index in [2.05, 4.69) is 10.00 Å². The topological polar surface area (TPSA) is 63.5 Å². The van der Waals surface area contributed by atoms with Gasteiger partial charge in [-0.15, -0.1) is 12.4 Å². The molecule has 162 valence electrons. The first-order chi connectivity index (χ1) is 14.0. The number of rotatable bonds is 6. The van der Waals surface area contributed by atoms with Gasteiger partial charge in [0.15, 0.2) is 5.13 Å². The van der Waals surface area contributed by atoms with Crippen molar-refractivity contribution < 1.29 is 9.53 Å². The molecule has 1 amide bonds. The molecule has 3 heterocycles. The molecule has 1 aliphatic rings. The number of hydrogen-bond acceptors (Lipinski definition) is 6. The Kier molecular flexibility index (Phi) is 7.70. The number of carbonyl (C=O) groups excluding carboxylic acids is 1. The van der Waals surface area contributed by atoms with Crippen molar-refractivity contribution in [2.75, 3.05) is 44.3 Å². The van der Waals surface area contributed by atoms with Crippen molar-refractivity contribution in [1.82, 2.24) is 19.7 Å². The van der Waals surface area contributed by atoms with Gasteiger partial charge in [0.25, 0.3) is 5.91 Å². The van der Waals surface area contributed by atoms with Crippen LogP contribution in [0.5, 0.6) is 0 Å². The second-order valence-electron chi connectivity index (χ2n) is 7.17. The number of benzene rings is 1. The molecule has 0 bridgehead atoms. The van der Waals surface area contributed by atoms with Crippen molar-refractivity contribution in [1.29, 1.82) is 0 Å². The van der Waals surface area contributed by atoms with Crippen molar-refractivity contribution in [3.8, 4) is 0 Å². The van der Waals surface area contributed by atoms with Crippen LogP contribution in [0.25, 0.3) is 10.2 Å². The molecule has 30 heavy (non-hydrogen) atoms. The van der Waals surface area contributed by atoms with Gasteiger partial charge in [0.05, 0.1) is 29.1 Å². The normalized spacial score (nSPS) is 14.6.